The van der Waals surface area contributed by atoms with Crippen molar-refractivity contribution in [1.29, 1.82) is 0 Å². The largest absolute Gasteiger partial charge is 0.353 e. The fraction of sp³-hybridized carbons (Fsp3) is 0.824. The van der Waals surface area contributed by atoms with E-state index in [1.165, 1.54) is 18.4 Å². The number of nitrogens with one attached hydrogen (secondary N) is 1. The van der Waals surface area contributed by atoms with E-state index in [4.69, 9.17) is 0 Å². The summed E-state index contributed by atoms with van der Waals surface area (Å²) in [5, 5.41) is 4.05. The van der Waals surface area contributed by atoms with Crippen LogP contribution in [0.5, 0.6) is 0 Å². The lowest BCUT2D eigenvalue weighted by Gasteiger charge is -2.28. The van der Waals surface area contributed by atoms with Crippen molar-refractivity contribution in [2.24, 2.45) is 17.3 Å². The van der Waals surface area contributed by atoms with Gasteiger partial charge in [-0.25, -0.2) is 0 Å². The Morgan fingerprint density at radius 2 is 2.00 bits per heavy atom. The predicted octanol–water partition coefficient (Wildman–Crippen LogP) is 4.02. The zero-order valence-corrected chi connectivity index (χ0v) is 14.3. The van der Waals surface area contributed by atoms with Gasteiger partial charge in [0.2, 0.25) is 5.91 Å². The summed E-state index contributed by atoms with van der Waals surface area (Å²) in [5.74, 6) is 0.878. The van der Waals surface area contributed by atoms with Crippen LogP contribution in [0.15, 0.2) is 11.6 Å². The Kier molecular flexibility index (Phi) is 4.88. The molecule has 2 rings (SSSR count). The van der Waals surface area contributed by atoms with Crippen LogP contribution in [-0.2, 0) is 4.79 Å². The highest BCUT2D eigenvalue weighted by molar-refractivity contribution is 7.99. The van der Waals surface area contributed by atoms with Crippen molar-refractivity contribution < 1.29 is 4.79 Å². The molecule has 0 aromatic rings. The lowest BCUT2D eigenvalue weighted by Crippen LogP contribution is -2.40. The van der Waals surface area contributed by atoms with E-state index in [-0.39, 0.29) is 17.2 Å². The van der Waals surface area contributed by atoms with Crippen molar-refractivity contribution in [1.82, 2.24) is 5.32 Å². The standard InChI is InChI=1S/C17H29NOS/c1-11(2)9-14-15(17(14,3)4)16(19)18-12-7-6-8-13(10-12)20-5/h9,12-15H,6-8,10H2,1-5H3,(H,18,19). The van der Waals surface area contributed by atoms with E-state index in [1.54, 1.807) is 0 Å². The van der Waals surface area contributed by atoms with Crippen LogP contribution in [0.2, 0.25) is 0 Å². The van der Waals surface area contributed by atoms with E-state index < -0.39 is 0 Å². The number of carbonyl (C=O) groups excluding carboxylic acids is 1. The maximum Gasteiger partial charge on any atom is 0.224 e. The number of amides is 1. The molecule has 0 aromatic carbocycles. The van der Waals surface area contributed by atoms with Crippen LogP contribution in [0.1, 0.15) is 53.4 Å². The normalized spacial score (nSPS) is 35.2. The van der Waals surface area contributed by atoms with Gasteiger partial charge in [-0.1, -0.05) is 31.9 Å². The Labute approximate surface area is 128 Å². The van der Waals surface area contributed by atoms with Crippen LogP contribution in [0.3, 0.4) is 0 Å². The van der Waals surface area contributed by atoms with E-state index in [1.807, 2.05) is 11.8 Å². The Bertz CT molecular complexity index is 398. The molecule has 3 heteroatoms. The van der Waals surface area contributed by atoms with Crippen molar-refractivity contribution in [2.75, 3.05) is 6.26 Å². The minimum absolute atomic E-state index is 0.134. The fourth-order valence-corrected chi connectivity index (χ4v) is 4.46. The first-order chi connectivity index (χ1) is 9.36. The molecule has 2 saturated carbocycles. The van der Waals surface area contributed by atoms with Gasteiger partial charge in [0.1, 0.15) is 0 Å². The number of thioether (sulfide) groups is 1. The van der Waals surface area contributed by atoms with Gasteiger partial charge in [0.05, 0.1) is 5.92 Å². The molecule has 2 aliphatic carbocycles. The summed E-state index contributed by atoms with van der Waals surface area (Å²) < 4.78 is 0. The van der Waals surface area contributed by atoms with Gasteiger partial charge in [-0.3, -0.25) is 4.79 Å². The molecule has 4 unspecified atom stereocenters. The van der Waals surface area contributed by atoms with E-state index in [2.05, 4.69) is 45.3 Å². The number of hydrogen-bond donors (Lipinski definition) is 1. The SMILES string of the molecule is CSC1CCCC(NC(=O)C2C(C=C(C)C)C2(C)C)C1. The molecule has 114 valence electrons. The summed E-state index contributed by atoms with van der Waals surface area (Å²) in [6.45, 7) is 8.67. The second-order valence-electron chi connectivity index (χ2n) is 7.30. The lowest BCUT2D eigenvalue weighted by atomic mass is 9.94. The number of hydrogen-bond acceptors (Lipinski definition) is 2. The summed E-state index contributed by atoms with van der Waals surface area (Å²) >= 11 is 1.95. The topological polar surface area (TPSA) is 29.1 Å². The molecule has 2 fully saturated rings. The number of carbonyl (C=O) groups is 1. The highest BCUT2D eigenvalue weighted by atomic mass is 32.2. The lowest BCUT2D eigenvalue weighted by molar-refractivity contribution is -0.124. The summed E-state index contributed by atoms with van der Waals surface area (Å²) in [5.41, 5.74) is 1.45. The highest BCUT2D eigenvalue weighted by Gasteiger charge is 2.60. The molecule has 2 nitrogen and oxygen atoms in total. The van der Waals surface area contributed by atoms with Gasteiger partial charge in [0.25, 0.3) is 0 Å². The van der Waals surface area contributed by atoms with Gasteiger partial charge in [0, 0.05) is 11.3 Å². The highest BCUT2D eigenvalue weighted by Crippen LogP contribution is 2.59. The first-order valence-corrected chi connectivity index (χ1v) is 9.13. The monoisotopic (exact) mass is 295 g/mol. The molecule has 1 N–H and O–H groups in total. The molecule has 4 atom stereocenters. The van der Waals surface area contributed by atoms with Gasteiger partial charge < -0.3 is 5.32 Å². The Morgan fingerprint density at radius 1 is 1.30 bits per heavy atom. The summed E-state index contributed by atoms with van der Waals surface area (Å²) in [7, 11) is 0. The number of rotatable bonds is 4. The zero-order valence-electron chi connectivity index (χ0n) is 13.5. The minimum Gasteiger partial charge on any atom is -0.353 e. The average molecular weight is 295 g/mol. The second kappa shape index (κ2) is 6.13. The fourth-order valence-electron chi connectivity index (χ4n) is 3.63. The van der Waals surface area contributed by atoms with Gasteiger partial charge in [-0.2, -0.15) is 11.8 Å². The molecule has 20 heavy (non-hydrogen) atoms. The van der Waals surface area contributed by atoms with Crippen LogP contribution in [0.25, 0.3) is 0 Å². The average Bonchev–Trinajstić information content (AvgIpc) is 2.90. The molecule has 0 radical (unpaired) electrons. The summed E-state index contributed by atoms with van der Waals surface area (Å²) in [6.07, 6.45) is 9.32. The molecule has 0 saturated heterocycles. The van der Waals surface area contributed by atoms with Crippen LogP contribution in [0.4, 0.5) is 0 Å². The van der Waals surface area contributed by atoms with Crippen LogP contribution < -0.4 is 5.32 Å². The second-order valence-corrected chi connectivity index (χ2v) is 8.44. The molecule has 0 aromatic heterocycles. The van der Waals surface area contributed by atoms with Crippen molar-refractivity contribution in [3.05, 3.63) is 11.6 Å². The third-order valence-electron chi connectivity index (χ3n) is 5.01. The molecule has 0 bridgehead atoms. The zero-order chi connectivity index (χ0) is 14.9. The van der Waals surface area contributed by atoms with Gasteiger partial charge in [0.15, 0.2) is 0 Å². The molecule has 1 amide bonds. The number of allylic oxidation sites excluding steroid dienone is 2. The first kappa shape index (κ1) is 15.9. The van der Waals surface area contributed by atoms with E-state index in [9.17, 15) is 4.79 Å². The molecule has 0 heterocycles. The van der Waals surface area contributed by atoms with Crippen molar-refractivity contribution in [3.63, 3.8) is 0 Å². The summed E-state index contributed by atoms with van der Waals surface area (Å²) in [6, 6.07) is 0.400. The van der Waals surface area contributed by atoms with Crippen LogP contribution in [0, 0.1) is 17.3 Å². The molecule has 0 aliphatic heterocycles. The van der Waals surface area contributed by atoms with Crippen molar-refractivity contribution in [2.45, 2.75) is 64.7 Å². The van der Waals surface area contributed by atoms with Gasteiger partial charge in [-0.15, -0.1) is 0 Å². The van der Waals surface area contributed by atoms with E-state index in [0.29, 0.717) is 12.0 Å². The molecular formula is C17H29NOS. The van der Waals surface area contributed by atoms with Gasteiger partial charge >= 0.3 is 0 Å². The summed E-state index contributed by atoms with van der Waals surface area (Å²) in [4.78, 5) is 12.5. The quantitative estimate of drug-likeness (QED) is 0.794. The predicted molar refractivity (Wildman–Crippen MR) is 87.9 cm³/mol. The first-order valence-electron chi connectivity index (χ1n) is 7.84. The Hall–Kier alpha value is -0.440. The van der Waals surface area contributed by atoms with Gasteiger partial charge in [-0.05, 0) is 50.7 Å². The molecule has 0 spiro atoms. The third-order valence-corrected chi connectivity index (χ3v) is 6.11. The molecule has 2 aliphatic rings. The smallest absolute Gasteiger partial charge is 0.224 e. The maximum absolute atomic E-state index is 12.5. The van der Waals surface area contributed by atoms with E-state index >= 15 is 0 Å². The van der Waals surface area contributed by atoms with Crippen LogP contribution in [-0.4, -0.2) is 23.5 Å². The van der Waals surface area contributed by atoms with Crippen molar-refractivity contribution in [3.8, 4) is 0 Å². The Morgan fingerprint density at radius 3 is 2.60 bits per heavy atom. The van der Waals surface area contributed by atoms with Crippen LogP contribution >= 0.6 is 11.8 Å². The Balaban J connectivity index is 1.91. The minimum atomic E-state index is 0.134. The van der Waals surface area contributed by atoms with Crippen molar-refractivity contribution >= 4 is 17.7 Å². The van der Waals surface area contributed by atoms with E-state index in [0.717, 1.165) is 18.1 Å². The third kappa shape index (κ3) is 3.41. The molecular weight excluding hydrogens is 266 g/mol. The maximum atomic E-state index is 12.5.